The number of carbonyl (C=O) groups excluding carboxylic acids is 1. The minimum atomic E-state index is -4.52. The second-order valence-corrected chi connectivity index (χ2v) is 14.9. The molecular formula is C44H62F3N5O3. The molecule has 2 saturated heterocycles. The quantitative estimate of drug-likeness (QED) is 0.100. The summed E-state index contributed by atoms with van der Waals surface area (Å²) in [7, 11) is 0. The van der Waals surface area contributed by atoms with E-state index >= 15 is 0 Å². The Bertz CT molecular complexity index is 1720. The molecule has 2 aromatic carbocycles. The summed E-state index contributed by atoms with van der Waals surface area (Å²) in [5, 5.41) is 13.4. The summed E-state index contributed by atoms with van der Waals surface area (Å²) in [5.41, 5.74) is 6.43. The molecule has 0 radical (unpaired) electrons. The van der Waals surface area contributed by atoms with E-state index in [1.165, 1.54) is 11.6 Å². The van der Waals surface area contributed by atoms with E-state index in [1.54, 1.807) is 6.07 Å². The Morgan fingerprint density at radius 3 is 2.42 bits per heavy atom. The van der Waals surface area contributed by atoms with Gasteiger partial charge in [-0.2, -0.15) is 13.2 Å². The van der Waals surface area contributed by atoms with Crippen molar-refractivity contribution in [2.45, 2.75) is 93.0 Å². The number of anilines is 2. The predicted molar refractivity (Wildman–Crippen MR) is 218 cm³/mol. The molecule has 4 N–H and O–H groups in total. The molecule has 0 aromatic heterocycles. The number of piperidine rings is 1. The highest BCUT2D eigenvalue weighted by molar-refractivity contribution is 6.07. The molecule has 1 amide bonds. The van der Waals surface area contributed by atoms with Gasteiger partial charge in [0.25, 0.3) is 5.91 Å². The molecule has 11 heteroatoms. The number of aryl methyl sites for hydroxylation is 1. The van der Waals surface area contributed by atoms with Crippen LogP contribution < -0.4 is 26.0 Å². The topological polar surface area (TPSA) is 86.9 Å². The number of allylic oxidation sites excluding steroid dienone is 6. The van der Waals surface area contributed by atoms with Crippen LogP contribution in [0.5, 0.6) is 5.75 Å². The summed E-state index contributed by atoms with van der Waals surface area (Å²) in [6, 6.07) is 9.04. The van der Waals surface area contributed by atoms with Crippen LogP contribution in [0.1, 0.15) is 90.5 Å². The lowest BCUT2D eigenvalue weighted by molar-refractivity contribution is -0.137. The second kappa shape index (κ2) is 20.7. The molecule has 2 fully saturated rings. The number of halogens is 3. The SMILES string of the molecule is C\C=C(C(=O)Nc1cc(NC(C)c2cc(OC3CCNCC3)cc(C(F)(F)F)c2)ccc1C)/C(NCCN1CCOCC1)=C(/C=C\C(C)C)C(\C)=C(/C)CC. The van der Waals surface area contributed by atoms with E-state index in [0.717, 1.165) is 80.5 Å². The van der Waals surface area contributed by atoms with Crippen molar-refractivity contribution in [2.75, 3.05) is 63.1 Å². The van der Waals surface area contributed by atoms with Gasteiger partial charge in [-0.15, -0.1) is 0 Å². The number of nitrogens with zero attached hydrogens (tertiary/aromatic N) is 1. The molecule has 1 atom stereocenters. The highest BCUT2D eigenvalue weighted by Gasteiger charge is 2.32. The minimum Gasteiger partial charge on any atom is -0.490 e. The molecule has 0 aliphatic carbocycles. The predicted octanol–water partition coefficient (Wildman–Crippen LogP) is 9.34. The van der Waals surface area contributed by atoms with Gasteiger partial charge in [-0.05, 0) is 120 Å². The number of benzene rings is 2. The molecule has 0 saturated carbocycles. The van der Waals surface area contributed by atoms with E-state index in [2.05, 4.69) is 72.9 Å². The van der Waals surface area contributed by atoms with Crippen LogP contribution >= 0.6 is 0 Å². The minimum absolute atomic E-state index is 0.139. The first-order chi connectivity index (χ1) is 26.2. The monoisotopic (exact) mass is 765 g/mol. The fraction of sp³-hybridized carbons (Fsp3) is 0.523. The van der Waals surface area contributed by atoms with Crippen LogP contribution in [0, 0.1) is 12.8 Å². The van der Waals surface area contributed by atoms with Crippen LogP contribution in [-0.2, 0) is 15.7 Å². The molecule has 2 aromatic rings. The Morgan fingerprint density at radius 2 is 1.78 bits per heavy atom. The van der Waals surface area contributed by atoms with Gasteiger partial charge in [-0.1, -0.05) is 50.6 Å². The fourth-order valence-electron chi connectivity index (χ4n) is 6.65. The number of alkyl halides is 3. The molecule has 55 heavy (non-hydrogen) atoms. The first-order valence-corrected chi connectivity index (χ1v) is 19.8. The summed E-state index contributed by atoms with van der Waals surface area (Å²) in [4.78, 5) is 16.7. The number of morpholine rings is 1. The van der Waals surface area contributed by atoms with Gasteiger partial charge >= 0.3 is 6.18 Å². The van der Waals surface area contributed by atoms with Crippen molar-refractivity contribution < 1.29 is 27.4 Å². The van der Waals surface area contributed by atoms with Crippen LogP contribution in [0.15, 0.2) is 82.6 Å². The van der Waals surface area contributed by atoms with Crippen molar-refractivity contribution in [1.29, 1.82) is 0 Å². The van der Waals surface area contributed by atoms with Gasteiger partial charge in [-0.25, -0.2) is 0 Å². The maximum absolute atomic E-state index is 14.3. The molecule has 302 valence electrons. The molecule has 4 rings (SSSR count). The summed E-state index contributed by atoms with van der Waals surface area (Å²) in [5.74, 6) is 0.261. The number of carbonyl (C=O) groups is 1. The third kappa shape index (κ3) is 13.0. The van der Waals surface area contributed by atoms with Gasteiger partial charge in [0.15, 0.2) is 0 Å². The van der Waals surface area contributed by atoms with Gasteiger partial charge in [-0.3, -0.25) is 9.69 Å². The zero-order valence-corrected chi connectivity index (χ0v) is 34.0. The maximum Gasteiger partial charge on any atom is 0.416 e. The molecule has 1 unspecified atom stereocenters. The lowest BCUT2D eigenvalue weighted by atomic mass is 9.94. The molecule has 2 heterocycles. The number of nitrogens with one attached hydrogen (secondary N) is 4. The Hall–Kier alpha value is -4.06. The average Bonchev–Trinajstić information content (AvgIpc) is 3.16. The number of rotatable bonds is 16. The summed E-state index contributed by atoms with van der Waals surface area (Å²) >= 11 is 0. The largest absolute Gasteiger partial charge is 0.490 e. The van der Waals surface area contributed by atoms with Crippen molar-refractivity contribution in [3.8, 4) is 5.75 Å². The van der Waals surface area contributed by atoms with Crippen LogP contribution in [0.3, 0.4) is 0 Å². The number of ether oxygens (including phenoxy) is 2. The smallest absolute Gasteiger partial charge is 0.416 e. The molecule has 0 bridgehead atoms. The normalized spacial score (nSPS) is 17.9. The Kier molecular flexibility index (Phi) is 16.5. The van der Waals surface area contributed by atoms with E-state index < -0.39 is 17.8 Å². The summed E-state index contributed by atoms with van der Waals surface area (Å²) in [6.45, 7) is 22.4. The third-order valence-corrected chi connectivity index (χ3v) is 10.3. The van der Waals surface area contributed by atoms with Gasteiger partial charge in [0.2, 0.25) is 0 Å². The second-order valence-electron chi connectivity index (χ2n) is 14.9. The maximum atomic E-state index is 14.3. The van der Waals surface area contributed by atoms with Crippen molar-refractivity contribution in [1.82, 2.24) is 15.5 Å². The van der Waals surface area contributed by atoms with Crippen LogP contribution in [-0.4, -0.2) is 69.4 Å². The molecule has 2 aliphatic rings. The van der Waals surface area contributed by atoms with E-state index in [4.69, 9.17) is 9.47 Å². The van der Waals surface area contributed by atoms with Gasteiger partial charge in [0.1, 0.15) is 11.9 Å². The zero-order chi connectivity index (χ0) is 40.1. The van der Waals surface area contributed by atoms with Crippen LogP contribution in [0.4, 0.5) is 24.5 Å². The van der Waals surface area contributed by atoms with Crippen LogP contribution in [0.25, 0.3) is 0 Å². The zero-order valence-electron chi connectivity index (χ0n) is 34.0. The van der Waals surface area contributed by atoms with E-state index in [1.807, 2.05) is 45.0 Å². The van der Waals surface area contributed by atoms with E-state index in [9.17, 15) is 18.0 Å². The van der Waals surface area contributed by atoms with Gasteiger partial charge < -0.3 is 30.7 Å². The van der Waals surface area contributed by atoms with E-state index in [0.29, 0.717) is 48.2 Å². The van der Waals surface area contributed by atoms with Crippen molar-refractivity contribution >= 4 is 17.3 Å². The summed E-state index contributed by atoms with van der Waals surface area (Å²) < 4.78 is 53.7. The highest BCUT2D eigenvalue weighted by atomic mass is 19.4. The lowest BCUT2D eigenvalue weighted by Gasteiger charge is -2.27. The van der Waals surface area contributed by atoms with Gasteiger partial charge in [0.05, 0.1) is 30.0 Å². The molecular weight excluding hydrogens is 704 g/mol. The molecule has 0 spiro atoms. The Labute approximate surface area is 326 Å². The fourth-order valence-corrected chi connectivity index (χ4v) is 6.65. The number of hydrogen-bond donors (Lipinski definition) is 4. The van der Waals surface area contributed by atoms with Crippen molar-refractivity contribution in [3.63, 3.8) is 0 Å². The third-order valence-electron chi connectivity index (χ3n) is 10.3. The van der Waals surface area contributed by atoms with Gasteiger partial charge in [0, 0.05) is 49.2 Å². The first kappa shape index (κ1) is 43.7. The first-order valence-electron chi connectivity index (χ1n) is 19.8. The highest BCUT2D eigenvalue weighted by Crippen LogP contribution is 2.36. The average molecular weight is 766 g/mol. The molecule has 2 aliphatic heterocycles. The standard InChI is InChI=1S/C44H62F3N5O3/c1-9-30(5)32(7)40(14-11-29(3)4)42(49-19-20-52-21-23-54-24-22-52)39(10-2)43(53)51-41-28-36(13-12-31(41)6)50-33(8)34-25-35(44(45,46)47)27-38(26-34)55-37-15-17-48-18-16-37/h10-14,25-29,33,37,48-50H,9,15-24H2,1-8H3,(H,51,53)/b14-11-,32-30+,39-10+,42-40+. The number of amides is 1. The lowest BCUT2D eigenvalue weighted by Crippen LogP contribution is -2.40. The van der Waals surface area contributed by atoms with Crippen LogP contribution in [0.2, 0.25) is 0 Å². The number of hydrogen-bond acceptors (Lipinski definition) is 7. The summed E-state index contributed by atoms with van der Waals surface area (Å²) in [6.07, 6.45) is 3.82. The Balaban J connectivity index is 1.62. The van der Waals surface area contributed by atoms with Crippen molar-refractivity contribution in [3.05, 3.63) is 99.3 Å². The Morgan fingerprint density at radius 1 is 1.07 bits per heavy atom. The van der Waals surface area contributed by atoms with Crippen molar-refractivity contribution in [2.24, 2.45) is 5.92 Å². The van der Waals surface area contributed by atoms with E-state index in [-0.39, 0.29) is 17.8 Å². The molecule has 8 nitrogen and oxygen atoms in total.